The number of aliphatic hydroxyl groups excluding tert-OH is 2. The summed E-state index contributed by atoms with van der Waals surface area (Å²) in [6.07, 6.45) is 2.74. The lowest BCUT2D eigenvalue weighted by Crippen LogP contribution is -2.43. The lowest BCUT2D eigenvalue weighted by atomic mass is 9.97. The van der Waals surface area contributed by atoms with Crippen LogP contribution in [0.3, 0.4) is 0 Å². The van der Waals surface area contributed by atoms with Crippen LogP contribution in [0, 0.1) is 0 Å². The molecule has 1 aliphatic rings. The van der Waals surface area contributed by atoms with Crippen molar-refractivity contribution in [2.24, 2.45) is 0 Å². The Bertz CT molecular complexity index is 1720. The zero-order valence-corrected chi connectivity index (χ0v) is 30.7. The van der Waals surface area contributed by atoms with Gasteiger partial charge < -0.3 is 25.0 Å². The number of nitrogens with zero attached hydrogens (tertiary/aromatic N) is 1. The lowest BCUT2D eigenvalue weighted by Gasteiger charge is -2.39. The Hall–Kier alpha value is -4.42. The van der Waals surface area contributed by atoms with Gasteiger partial charge in [-0.3, -0.25) is 19.7 Å². The molecule has 1 heterocycles. The summed E-state index contributed by atoms with van der Waals surface area (Å²) in [5.74, 6) is -0.402. The fourth-order valence-corrected chi connectivity index (χ4v) is 6.73. The molecule has 4 aromatic carbocycles. The summed E-state index contributed by atoms with van der Waals surface area (Å²) in [7, 11) is 2.01. The quantitative estimate of drug-likeness (QED) is 0.0424. The van der Waals surface area contributed by atoms with E-state index in [1.54, 1.807) is 5.48 Å². The molecule has 5 rings (SSSR count). The van der Waals surface area contributed by atoms with Gasteiger partial charge in [-0.15, -0.1) is 0 Å². The normalized spacial score (nSPS) is 18.3. The first-order valence-corrected chi connectivity index (χ1v) is 18.6. The van der Waals surface area contributed by atoms with E-state index in [0.29, 0.717) is 32.4 Å². The molecule has 0 radical (unpaired) electrons. The summed E-state index contributed by atoms with van der Waals surface area (Å²) in [4.78, 5) is 25.9. The van der Waals surface area contributed by atoms with Gasteiger partial charge in [0.1, 0.15) is 0 Å². The van der Waals surface area contributed by atoms with Gasteiger partial charge in [-0.1, -0.05) is 116 Å². The van der Waals surface area contributed by atoms with Crippen molar-refractivity contribution >= 4 is 11.8 Å². The maximum Gasteiger partial charge on any atom is 0.243 e. The van der Waals surface area contributed by atoms with Crippen LogP contribution >= 0.6 is 0 Å². The zero-order chi connectivity index (χ0) is 37.6. The number of hydroxylamine groups is 1. The van der Waals surface area contributed by atoms with Crippen LogP contribution < -0.4 is 10.8 Å². The number of nitrogens with one attached hydrogen (secondary N) is 2. The molecule has 10 nitrogen and oxygen atoms in total. The molecule has 4 aromatic rings. The van der Waals surface area contributed by atoms with Crippen molar-refractivity contribution in [3.05, 3.63) is 131 Å². The number of ether oxygens (including phenoxy) is 2. The van der Waals surface area contributed by atoms with Gasteiger partial charge in [0.05, 0.1) is 24.9 Å². The summed E-state index contributed by atoms with van der Waals surface area (Å²) in [5.41, 5.74) is 8.30. The van der Waals surface area contributed by atoms with E-state index in [-0.39, 0.29) is 43.1 Å². The molecule has 0 aliphatic carbocycles. The van der Waals surface area contributed by atoms with Crippen molar-refractivity contribution in [2.45, 2.75) is 95.7 Å². The number of unbranched alkanes of at least 4 members (excludes halogenated alkanes) is 3. The second kappa shape index (κ2) is 20.1. The summed E-state index contributed by atoms with van der Waals surface area (Å²) in [5, 5.41) is 32.3. The van der Waals surface area contributed by atoms with Crippen LogP contribution in [0.15, 0.2) is 103 Å². The predicted octanol–water partition coefficient (Wildman–Crippen LogP) is 6.91. The standard InChI is InChI=1S/C43H53N3O7/c1-30(42(50)34-12-6-5-7-13-34)46(2)28-37-26-39(33-20-18-31(29-47)19-21-33)53-43(52-37)35-24-22-32(23-25-35)38-15-11-10-14-36(38)27-44-40(48)16-8-3-4-9-17-41(49)45-51/h5-7,10-15,18-25,30,37,39,42-43,47,50-51H,3-4,8-9,16-17,26-29H2,1-2H3,(H,44,48)(H,45,49). The van der Waals surface area contributed by atoms with Gasteiger partial charge in [-0.25, -0.2) is 5.48 Å². The van der Waals surface area contributed by atoms with E-state index in [2.05, 4.69) is 28.4 Å². The molecule has 282 valence electrons. The number of hydrogen-bond donors (Lipinski definition) is 5. The second-order valence-electron chi connectivity index (χ2n) is 13.9. The Kier molecular flexibility index (Phi) is 15.1. The van der Waals surface area contributed by atoms with Crippen molar-refractivity contribution in [2.75, 3.05) is 13.6 Å². The second-order valence-corrected chi connectivity index (χ2v) is 13.9. The van der Waals surface area contributed by atoms with Crippen molar-refractivity contribution in [1.29, 1.82) is 0 Å². The van der Waals surface area contributed by atoms with E-state index in [1.165, 1.54) is 0 Å². The highest BCUT2D eigenvalue weighted by molar-refractivity contribution is 5.76. The van der Waals surface area contributed by atoms with E-state index in [9.17, 15) is 19.8 Å². The average Bonchev–Trinajstić information content (AvgIpc) is 3.21. The van der Waals surface area contributed by atoms with Gasteiger partial charge in [0.25, 0.3) is 0 Å². The molecule has 0 spiro atoms. The number of aliphatic hydroxyl groups is 2. The third-order valence-electron chi connectivity index (χ3n) is 10.1. The van der Waals surface area contributed by atoms with E-state index >= 15 is 0 Å². The van der Waals surface area contributed by atoms with Gasteiger partial charge in [-0.2, -0.15) is 0 Å². The molecule has 5 atom stereocenters. The Morgan fingerprint density at radius 3 is 2.13 bits per heavy atom. The zero-order valence-electron chi connectivity index (χ0n) is 30.7. The maximum absolute atomic E-state index is 12.6. The number of carbonyl (C=O) groups excluding carboxylic acids is 2. The Balaban J connectivity index is 1.24. The molecule has 0 bridgehead atoms. The average molecular weight is 724 g/mol. The van der Waals surface area contributed by atoms with Crippen LogP contribution in [0.1, 0.15) is 98.2 Å². The van der Waals surface area contributed by atoms with Crippen LogP contribution in [-0.4, -0.2) is 57.9 Å². The first-order valence-electron chi connectivity index (χ1n) is 18.6. The molecule has 5 unspecified atom stereocenters. The minimum absolute atomic E-state index is 0.0143. The molecule has 53 heavy (non-hydrogen) atoms. The van der Waals surface area contributed by atoms with Crippen molar-refractivity contribution in [3.8, 4) is 11.1 Å². The third kappa shape index (κ3) is 11.5. The van der Waals surface area contributed by atoms with Crippen LogP contribution in [0.4, 0.5) is 0 Å². The van der Waals surface area contributed by atoms with Gasteiger partial charge in [0.2, 0.25) is 11.8 Å². The smallest absolute Gasteiger partial charge is 0.243 e. The van der Waals surface area contributed by atoms with Gasteiger partial charge in [0.15, 0.2) is 6.29 Å². The van der Waals surface area contributed by atoms with Gasteiger partial charge in [0, 0.05) is 44.0 Å². The predicted molar refractivity (Wildman–Crippen MR) is 203 cm³/mol. The van der Waals surface area contributed by atoms with E-state index in [1.807, 2.05) is 98.9 Å². The van der Waals surface area contributed by atoms with E-state index < -0.39 is 12.4 Å². The largest absolute Gasteiger partial charge is 0.392 e. The van der Waals surface area contributed by atoms with Crippen molar-refractivity contribution in [1.82, 2.24) is 15.7 Å². The minimum Gasteiger partial charge on any atom is -0.392 e. The molecule has 5 N–H and O–H groups in total. The number of hydrogen-bond acceptors (Lipinski definition) is 8. The molecule has 1 saturated heterocycles. The minimum atomic E-state index is -0.646. The SMILES string of the molecule is CC(C(O)c1ccccc1)N(C)CC1CC(c2ccc(CO)cc2)OC(c2ccc(-c3ccccc3CNC(=O)CCCCCCC(=O)NO)cc2)O1. The van der Waals surface area contributed by atoms with Crippen molar-refractivity contribution in [3.63, 3.8) is 0 Å². The number of likely N-dealkylation sites (N-methyl/N-ethyl adjacent to an activating group) is 1. The first kappa shape index (κ1) is 39.8. The van der Waals surface area contributed by atoms with E-state index in [4.69, 9.17) is 14.7 Å². The van der Waals surface area contributed by atoms with Crippen molar-refractivity contribution < 1.29 is 34.5 Å². The highest BCUT2D eigenvalue weighted by atomic mass is 16.7. The Morgan fingerprint density at radius 1 is 0.811 bits per heavy atom. The maximum atomic E-state index is 12.6. The monoisotopic (exact) mass is 723 g/mol. The number of rotatable bonds is 18. The molecule has 1 fully saturated rings. The molecule has 0 saturated carbocycles. The lowest BCUT2D eigenvalue weighted by molar-refractivity contribution is -0.253. The fraction of sp³-hybridized carbons (Fsp3) is 0.395. The molecular formula is C43H53N3O7. The fourth-order valence-electron chi connectivity index (χ4n) is 6.73. The number of benzene rings is 4. The summed E-state index contributed by atoms with van der Waals surface area (Å²) in [6, 6.07) is 33.6. The van der Waals surface area contributed by atoms with Gasteiger partial charge >= 0.3 is 0 Å². The molecule has 0 aromatic heterocycles. The highest BCUT2D eigenvalue weighted by Gasteiger charge is 2.34. The van der Waals surface area contributed by atoms with Crippen LogP contribution in [0.5, 0.6) is 0 Å². The molecule has 10 heteroatoms. The molecule has 1 aliphatic heterocycles. The van der Waals surface area contributed by atoms with Crippen LogP contribution in [-0.2, 0) is 32.2 Å². The van der Waals surface area contributed by atoms with Gasteiger partial charge in [-0.05, 0) is 60.2 Å². The summed E-state index contributed by atoms with van der Waals surface area (Å²) in [6.45, 7) is 3.00. The summed E-state index contributed by atoms with van der Waals surface area (Å²) >= 11 is 0. The topological polar surface area (TPSA) is 141 Å². The first-order chi connectivity index (χ1) is 25.7. The third-order valence-corrected chi connectivity index (χ3v) is 10.1. The highest BCUT2D eigenvalue weighted by Crippen LogP contribution is 2.39. The van der Waals surface area contributed by atoms with Crippen LogP contribution in [0.25, 0.3) is 11.1 Å². The Morgan fingerprint density at radius 2 is 1.45 bits per heavy atom. The van der Waals surface area contributed by atoms with E-state index in [0.717, 1.165) is 58.2 Å². The number of carbonyl (C=O) groups is 2. The molecular weight excluding hydrogens is 670 g/mol. The summed E-state index contributed by atoms with van der Waals surface area (Å²) < 4.78 is 13.2. The molecule has 2 amide bonds. The number of amides is 2. The Labute approximate surface area is 312 Å². The van der Waals surface area contributed by atoms with Crippen LogP contribution in [0.2, 0.25) is 0 Å².